The van der Waals surface area contributed by atoms with Crippen LogP contribution in [0, 0.1) is 6.92 Å². The lowest BCUT2D eigenvalue weighted by Crippen LogP contribution is -2.51. The van der Waals surface area contributed by atoms with Crippen LogP contribution >= 0.6 is 39.1 Å². The van der Waals surface area contributed by atoms with Gasteiger partial charge in [0, 0.05) is 17.6 Å². The third-order valence-electron chi connectivity index (χ3n) is 6.35. The fraction of sp³-hybridized carbons (Fsp3) is 0.310. The number of aryl methyl sites for hydroxylation is 1. The number of halogens is 3. The maximum absolute atomic E-state index is 14.0. The van der Waals surface area contributed by atoms with Gasteiger partial charge in [-0.2, -0.15) is 0 Å². The highest BCUT2D eigenvalue weighted by Gasteiger charge is 2.33. The number of carbonyl (C=O) groups is 2. The molecule has 3 aromatic carbocycles. The number of rotatable bonds is 12. The molecule has 0 aliphatic heterocycles. The molecule has 0 heterocycles. The molecule has 7 nitrogen and oxygen atoms in total. The van der Waals surface area contributed by atoms with Crippen molar-refractivity contribution in [3.63, 3.8) is 0 Å². The molecule has 0 spiro atoms. The van der Waals surface area contributed by atoms with Gasteiger partial charge in [-0.3, -0.25) is 13.9 Å². The Kier molecular flexibility index (Phi) is 11.5. The number of sulfonamides is 1. The number of unbranched alkanes of at least 4 members (excludes halogenated alkanes) is 1. The third kappa shape index (κ3) is 8.00. The Hall–Kier alpha value is -2.59. The minimum atomic E-state index is -4.24. The van der Waals surface area contributed by atoms with Crippen LogP contribution in [0.25, 0.3) is 0 Å². The first-order valence-electron chi connectivity index (χ1n) is 12.8. The first-order valence-corrected chi connectivity index (χ1v) is 15.8. The van der Waals surface area contributed by atoms with Crippen LogP contribution < -0.4 is 9.62 Å². The molecule has 3 rings (SSSR count). The molecule has 0 fully saturated rings. The van der Waals surface area contributed by atoms with Crippen LogP contribution in [0.1, 0.15) is 37.8 Å². The average Bonchev–Trinajstić information content (AvgIpc) is 2.93. The summed E-state index contributed by atoms with van der Waals surface area (Å²) in [5.41, 5.74) is 1.72. The molecule has 0 aromatic heterocycles. The van der Waals surface area contributed by atoms with E-state index in [1.165, 1.54) is 29.2 Å². The summed E-state index contributed by atoms with van der Waals surface area (Å²) in [7, 11) is -4.24. The molecule has 0 radical (unpaired) electrons. The summed E-state index contributed by atoms with van der Waals surface area (Å²) >= 11 is 16.1. The lowest BCUT2D eigenvalue weighted by molar-refractivity contribution is -0.139. The Morgan fingerprint density at radius 1 is 1.00 bits per heavy atom. The maximum Gasteiger partial charge on any atom is 0.264 e. The van der Waals surface area contributed by atoms with Crippen molar-refractivity contribution < 1.29 is 18.0 Å². The van der Waals surface area contributed by atoms with E-state index in [-0.39, 0.29) is 33.1 Å². The minimum Gasteiger partial charge on any atom is -0.354 e. The van der Waals surface area contributed by atoms with E-state index < -0.39 is 28.5 Å². The number of hydrogen-bond acceptors (Lipinski definition) is 4. The SMILES string of the molecule is CCCCNC(=O)[C@H](C)N(Cc1ccc(Br)cc1)C(=O)CN(c1cccc(Cl)c1Cl)S(=O)(=O)c1ccc(C)cc1. The summed E-state index contributed by atoms with van der Waals surface area (Å²) in [5, 5.41) is 3.01. The second-order valence-corrected chi connectivity index (χ2v) is 12.9. The van der Waals surface area contributed by atoms with Gasteiger partial charge >= 0.3 is 0 Å². The summed E-state index contributed by atoms with van der Waals surface area (Å²) in [4.78, 5) is 28.4. The molecular weight excluding hydrogens is 637 g/mol. The molecule has 0 aliphatic rings. The van der Waals surface area contributed by atoms with Gasteiger partial charge in [-0.1, -0.05) is 88.4 Å². The molecule has 0 bridgehead atoms. The Balaban J connectivity index is 2.04. The van der Waals surface area contributed by atoms with Crippen LogP contribution in [0.15, 0.2) is 76.1 Å². The van der Waals surface area contributed by atoms with Gasteiger partial charge in [-0.15, -0.1) is 0 Å². The average molecular weight is 669 g/mol. The second kappa shape index (κ2) is 14.3. The fourth-order valence-electron chi connectivity index (χ4n) is 3.94. The van der Waals surface area contributed by atoms with E-state index in [4.69, 9.17) is 23.2 Å². The van der Waals surface area contributed by atoms with Crippen LogP contribution in [0.2, 0.25) is 10.0 Å². The van der Waals surface area contributed by atoms with Crippen LogP contribution in [0.4, 0.5) is 5.69 Å². The van der Waals surface area contributed by atoms with Crippen LogP contribution in [-0.4, -0.2) is 44.3 Å². The van der Waals surface area contributed by atoms with Crippen molar-refractivity contribution in [2.75, 3.05) is 17.4 Å². The maximum atomic E-state index is 14.0. The normalized spacial score (nSPS) is 12.1. The highest BCUT2D eigenvalue weighted by atomic mass is 79.9. The Morgan fingerprint density at radius 3 is 2.27 bits per heavy atom. The van der Waals surface area contributed by atoms with Crippen molar-refractivity contribution >= 4 is 66.7 Å². The monoisotopic (exact) mass is 667 g/mol. The van der Waals surface area contributed by atoms with E-state index in [0.29, 0.717) is 6.54 Å². The molecule has 0 saturated heterocycles. The van der Waals surface area contributed by atoms with Crippen molar-refractivity contribution in [3.8, 4) is 0 Å². The van der Waals surface area contributed by atoms with Gasteiger partial charge in [0.1, 0.15) is 12.6 Å². The van der Waals surface area contributed by atoms with E-state index in [1.807, 2.05) is 38.1 Å². The van der Waals surface area contributed by atoms with Gasteiger partial charge in [0.15, 0.2) is 0 Å². The van der Waals surface area contributed by atoms with Crippen molar-refractivity contribution in [1.82, 2.24) is 10.2 Å². The van der Waals surface area contributed by atoms with Gasteiger partial charge in [0.05, 0.1) is 20.6 Å². The van der Waals surface area contributed by atoms with Gasteiger partial charge in [-0.05, 0) is 62.2 Å². The fourth-order valence-corrected chi connectivity index (χ4v) is 6.08. The molecule has 40 heavy (non-hydrogen) atoms. The quantitative estimate of drug-likeness (QED) is 0.221. The first-order chi connectivity index (χ1) is 18.9. The highest BCUT2D eigenvalue weighted by Crippen LogP contribution is 2.35. The van der Waals surface area contributed by atoms with E-state index in [1.54, 1.807) is 25.1 Å². The predicted octanol–water partition coefficient (Wildman–Crippen LogP) is 6.59. The summed E-state index contributed by atoms with van der Waals surface area (Å²) in [5.74, 6) is -0.902. The number of nitrogens with zero attached hydrogens (tertiary/aromatic N) is 2. The molecule has 0 aliphatic carbocycles. The molecule has 0 unspecified atom stereocenters. The number of anilines is 1. The van der Waals surface area contributed by atoms with Crippen molar-refractivity contribution in [2.24, 2.45) is 0 Å². The number of benzene rings is 3. The van der Waals surface area contributed by atoms with E-state index in [2.05, 4.69) is 21.2 Å². The number of nitrogens with one attached hydrogen (secondary N) is 1. The molecule has 1 atom stereocenters. The first kappa shape index (κ1) is 31.9. The van der Waals surface area contributed by atoms with Crippen molar-refractivity contribution in [3.05, 3.63) is 92.4 Å². The molecule has 2 amide bonds. The zero-order valence-electron chi connectivity index (χ0n) is 22.5. The number of carbonyl (C=O) groups excluding carboxylic acids is 2. The summed E-state index contributed by atoms with van der Waals surface area (Å²) in [6.07, 6.45) is 1.71. The van der Waals surface area contributed by atoms with Gasteiger partial charge in [-0.25, -0.2) is 8.42 Å². The Morgan fingerprint density at radius 2 is 1.65 bits per heavy atom. The van der Waals surface area contributed by atoms with E-state index in [9.17, 15) is 18.0 Å². The summed E-state index contributed by atoms with van der Waals surface area (Å²) < 4.78 is 29.6. The molecular formula is C29H32BrCl2N3O4S. The zero-order valence-corrected chi connectivity index (χ0v) is 26.4. The standard InChI is InChI=1S/C29H32BrCl2N3O4S/c1-4-5-17-33-29(37)21(3)34(18-22-11-13-23(30)14-12-22)27(36)19-35(26-8-6-7-25(31)28(26)32)40(38,39)24-15-9-20(2)10-16-24/h6-16,21H,4-5,17-19H2,1-3H3,(H,33,37)/t21-/m0/s1. The largest absolute Gasteiger partial charge is 0.354 e. The summed E-state index contributed by atoms with van der Waals surface area (Å²) in [6, 6.07) is 17.4. The zero-order chi connectivity index (χ0) is 29.4. The van der Waals surface area contributed by atoms with Crippen molar-refractivity contribution in [1.29, 1.82) is 0 Å². The van der Waals surface area contributed by atoms with Crippen LogP contribution in [0.3, 0.4) is 0 Å². The number of amides is 2. The van der Waals surface area contributed by atoms with Gasteiger partial charge < -0.3 is 10.2 Å². The second-order valence-electron chi connectivity index (χ2n) is 9.37. The Bertz CT molecular complexity index is 1430. The van der Waals surface area contributed by atoms with E-state index in [0.717, 1.165) is 32.7 Å². The van der Waals surface area contributed by atoms with E-state index >= 15 is 0 Å². The summed E-state index contributed by atoms with van der Waals surface area (Å²) in [6.45, 7) is 5.46. The van der Waals surface area contributed by atoms with Crippen LogP contribution in [0.5, 0.6) is 0 Å². The number of hydrogen-bond donors (Lipinski definition) is 1. The minimum absolute atomic E-state index is 0.00234. The van der Waals surface area contributed by atoms with Gasteiger partial charge in [0.2, 0.25) is 11.8 Å². The molecule has 3 aromatic rings. The lowest BCUT2D eigenvalue weighted by atomic mass is 10.1. The third-order valence-corrected chi connectivity index (χ3v) is 9.46. The Labute approximate surface area is 254 Å². The van der Waals surface area contributed by atoms with Crippen LogP contribution in [-0.2, 0) is 26.2 Å². The molecule has 214 valence electrons. The van der Waals surface area contributed by atoms with Crippen molar-refractivity contribution in [2.45, 2.75) is 51.1 Å². The highest BCUT2D eigenvalue weighted by molar-refractivity contribution is 9.10. The molecule has 1 N–H and O–H groups in total. The van der Waals surface area contributed by atoms with Gasteiger partial charge in [0.25, 0.3) is 10.0 Å². The predicted molar refractivity (Wildman–Crippen MR) is 164 cm³/mol. The topological polar surface area (TPSA) is 86.8 Å². The lowest BCUT2D eigenvalue weighted by Gasteiger charge is -2.32. The molecule has 0 saturated carbocycles. The molecule has 11 heteroatoms. The smallest absolute Gasteiger partial charge is 0.264 e.